The number of carbonyl (C=O) groups excluding carboxylic acids is 1. The number of carbonyl (C=O) groups is 1. The first-order valence-corrected chi connectivity index (χ1v) is 5.14. The highest BCUT2D eigenvalue weighted by atomic mass is 32.1. The fraction of sp³-hybridized carbons (Fsp3) is 0.273. The normalized spacial score (nSPS) is 11.8. The Morgan fingerprint density at radius 1 is 1.47 bits per heavy atom. The van der Waals surface area contributed by atoms with Crippen molar-refractivity contribution in [3.8, 4) is 0 Å². The van der Waals surface area contributed by atoms with E-state index in [1.807, 2.05) is 25.1 Å². The molecule has 0 aromatic heterocycles. The summed E-state index contributed by atoms with van der Waals surface area (Å²) < 4.78 is 0. The Hall–Kier alpha value is -1.42. The quantitative estimate of drug-likeness (QED) is 0.759. The third-order valence-corrected chi connectivity index (χ3v) is 2.09. The third kappa shape index (κ3) is 4.08. The largest absolute Gasteiger partial charge is 0.393 e. The first-order chi connectivity index (χ1) is 7.09. The van der Waals surface area contributed by atoms with Crippen molar-refractivity contribution in [3.05, 3.63) is 35.9 Å². The third-order valence-electron chi connectivity index (χ3n) is 1.92. The van der Waals surface area contributed by atoms with Crippen molar-refractivity contribution in [3.63, 3.8) is 0 Å². The number of nitrogens with one attached hydrogen (secondary N) is 1. The predicted octanol–water partition coefficient (Wildman–Crippen LogP) is 1.48. The molecule has 3 nitrogen and oxygen atoms in total. The molecule has 0 heterocycles. The van der Waals surface area contributed by atoms with Gasteiger partial charge < -0.3 is 11.1 Å². The molecule has 0 radical (unpaired) electrons. The molecule has 80 valence electrons. The van der Waals surface area contributed by atoms with Gasteiger partial charge in [-0.05, 0) is 19.1 Å². The van der Waals surface area contributed by atoms with E-state index in [1.54, 1.807) is 12.1 Å². The first-order valence-electron chi connectivity index (χ1n) is 4.74. The van der Waals surface area contributed by atoms with Crippen LogP contribution in [0, 0.1) is 0 Å². The molecule has 0 spiro atoms. The van der Waals surface area contributed by atoms with Crippen LogP contribution in [0.4, 0.5) is 0 Å². The van der Waals surface area contributed by atoms with Gasteiger partial charge in [0, 0.05) is 18.0 Å². The van der Waals surface area contributed by atoms with Crippen molar-refractivity contribution in [2.24, 2.45) is 5.73 Å². The predicted molar refractivity (Wildman–Crippen MR) is 64.8 cm³/mol. The standard InChI is InChI=1S/C11H14N2OS/c1-8(7-10(12)15)13-11(14)9-5-3-2-4-6-9/h2-6,8H,7H2,1H3,(H2,12,15)(H,13,14). The molecule has 0 aliphatic rings. The lowest BCUT2D eigenvalue weighted by Gasteiger charge is -2.12. The minimum atomic E-state index is -0.0978. The molecule has 0 aliphatic heterocycles. The molecule has 15 heavy (non-hydrogen) atoms. The van der Waals surface area contributed by atoms with Gasteiger partial charge in [0.05, 0.1) is 4.99 Å². The van der Waals surface area contributed by atoms with Crippen LogP contribution in [-0.4, -0.2) is 16.9 Å². The first kappa shape index (κ1) is 11.7. The topological polar surface area (TPSA) is 55.1 Å². The van der Waals surface area contributed by atoms with E-state index < -0.39 is 0 Å². The molecule has 0 saturated carbocycles. The second-order valence-corrected chi connectivity index (χ2v) is 3.94. The maximum absolute atomic E-state index is 11.6. The van der Waals surface area contributed by atoms with Gasteiger partial charge in [-0.15, -0.1) is 0 Å². The van der Waals surface area contributed by atoms with Crippen LogP contribution in [0.5, 0.6) is 0 Å². The molecule has 3 N–H and O–H groups in total. The fourth-order valence-corrected chi connectivity index (χ4v) is 1.50. The van der Waals surface area contributed by atoms with Crippen LogP contribution in [0.2, 0.25) is 0 Å². The van der Waals surface area contributed by atoms with Crippen LogP contribution in [0.1, 0.15) is 23.7 Å². The molecule has 1 rings (SSSR count). The Labute approximate surface area is 94.7 Å². The highest BCUT2D eigenvalue weighted by Crippen LogP contribution is 2.00. The van der Waals surface area contributed by atoms with Crippen molar-refractivity contribution in [2.45, 2.75) is 19.4 Å². The molecule has 1 unspecified atom stereocenters. The Kier molecular flexibility index (Phi) is 4.24. The SMILES string of the molecule is CC(CC(N)=S)NC(=O)c1ccccc1. The van der Waals surface area contributed by atoms with Gasteiger partial charge >= 0.3 is 0 Å². The maximum atomic E-state index is 11.6. The van der Waals surface area contributed by atoms with E-state index in [4.69, 9.17) is 18.0 Å². The number of nitrogens with two attached hydrogens (primary N) is 1. The van der Waals surface area contributed by atoms with Crippen LogP contribution in [0.25, 0.3) is 0 Å². The highest BCUT2D eigenvalue weighted by Gasteiger charge is 2.09. The lowest BCUT2D eigenvalue weighted by Crippen LogP contribution is -2.35. The van der Waals surface area contributed by atoms with Crippen LogP contribution in [-0.2, 0) is 0 Å². The Morgan fingerprint density at radius 2 is 2.07 bits per heavy atom. The molecule has 4 heteroatoms. The number of hydrogen-bond donors (Lipinski definition) is 2. The summed E-state index contributed by atoms with van der Waals surface area (Å²) in [6.07, 6.45) is 0.522. The molecule has 0 aliphatic carbocycles. The average Bonchev–Trinajstić information content (AvgIpc) is 2.17. The fourth-order valence-electron chi connectivity index (χ4n) is 1.25. The van der Waals surface area contributed by atoms with E-state index in [9.17, 15) is 4.79 Å². The summed E-state index contributed by atoms with van der Waals surface area (Å²) in [6.45, 7) is 1.88. The maximum Gasteiger partial charge on any atom is 0.251 e. The molecular formula is C11H14N2OS. The van der Waals surface area contributed by atoms with Gasteiger partial charge in [0.25, 0.3) is 5.91 Å². The smallest absolute Gasteiger partial charge is 0.251 e. The van der Waals surface area contributed by atoms with E-state index in [0.717, 1.165) is 0 Å². The Balaban J connectivity index is 2.53. The lowest BCUT2D eigenvalue weighted by atomic mass is 10.2. The van der Waals surface area contributed by atoms with Gasteiger partial charge in [0.15, 0.2) is 0 Å². The summed E-state index contributed by atoms with van der Waals surface area (Å²) in [7, 11) is 0. The van der Waals surface area contributed by atoms with E-state index in [-0.39, 0.29) is 11.9 Å². The van der Waals surface area contributed by atoms with E-state index in [2.05, 4.69) is 5.32 Å². The zero-order valence-electron chi connectivity index (χ0n) is 8.57. The zero-order chi connectivity index (χ0) is 11.3. The Bertz CT molecular complexity index is 351. The van der Waals surface area contributed by atoms with Gasteiger partial charge in [-0.2, -0.15) is 0 Å². The summed E-state index contributed by atoms with van der Waals surface area (Å²) in [5, 5.41) is 2.82. The molecule has 1 aromatic rings. The van der Waals surface area contributed by atoms with Crippen LogP contribution < -0.4 is 11.1 Å². The second-order valence-electron chi connectivity index (χ2n) is 3.41. The van der Waals surface area contributed by atoms with Gasteiger partial charge in [-0.25, -0.2) is 0 Å². The molecule has 0 fully saturated rings. The van der Waals surface area contributed by atoms with E-state index >= 15 is 0 Å². The van der Waals surface area contributed by atoms with Gasteiger partial charge in [-0.3, -0.25) is 4.79 Å². The minimum absolute atomic E-state index is 0.0322. The minimum Gasteiger partial charge on any atom is -0.393 e. The average molecular weight is 222 g/mol. The molecule has 1 amide bonds. The van der Waals surface area contributed by atoms with Crippen molar-refractivity contribution >= 4 is 23.1 Å². The number of thiocarbonyl (C=S) groups is 1. The molecular weight excluding hydrogens is 208 g/mol. The summed E-state index contributed by atoms with van der Waals surface area (Å²) >= 11 is 4.77. The van der Waals surface area contributed by atoms with Crippen LogP contribution >= 0.6 is 12.2 Å². The van der Waals surface area contributed by atoms with Crippen LogP contribution in [0.15, 0.2) is 30.3 Å². The van der Waals surface area contributed by atoms with Crippen molar-refractivity contribution < 1.29 is 4.79 Å². The summed E-state index contributed by atoms with van der Waals surface area (Å²) in [5.41, 5.74) is 6.03. The van der Waals surface area contributed by atoms with Crippen molar-refractivity contribution in [2.75, 3.05) is 0 Å². The molecule has 1 atom stereocenters. The van der Waals surface area contributed by atoms with Gasteiger partial charge in [0.2, 0.25) is 0 Å². The molecule has 0 bridgehead atoms. The summed E-state index contributed by atoms with van der Waals surface area (Å²) in [6, 6.07) is 9.02. The zero-order valence-corrected chi connectivity index (χ0v) is 9.38. The number of benzene rings is 1. The Morgan fingerprint density at radius 3 is 2.60 bits per heavy atom. The van der Waals surface area contributed by atoms with Crippen LogP contribution in [0.3, 0.4) is 0 Å². The van der Waals surface area contributed by atoms with E-state index in [0.29, 0.717) is 17.0 Å². The molecule has 1 aromatic carbocycles. The monoisotopic (exact) mass is 222 g/mol. The highest BCUT2D eigenvalue weighted by molar-refractivity contribution is 7.80. The lowest BCUT2D eigenvalue weighted by molar-refractivity contribution is 0.0941. The summed E-state index contributed by atoms with van der Waals surface area (Å²) in [5.74, 6) is -0.0978. The number of amides is 1. The van der Waals surface area contributed by atoms with E-state index in [1.165, 1.54) is 0 Å². The summed E-state index contributed by atoms with van der Waals surface area (Å²) in [4.78, 5) is 12.1. The number of rotatable bonds is 4. The molecule has 0 saturated heterocycles. The van der Waals surface area contributed by atoms with Gasteiger partial charge in [-0.1, -0.05) is 30.4 Å². The van der Waals surface area contributed by atoms with Gasteiger partial charge in [0.1, 0.15) is 0 Å². The van der Waals surface area contributed by atoms with Crippen molar-refractivity contribution in [1.82, 2.24) is 5.32 Å². The second kappa shape index (κ2) is 5.46. The number of hydrogen-bond acceptors (Lipinski definition) is 2. The van der Waals surface area contributed by atoms with Crippen molar-refractivity contribution in [1.29, 1.82) is 0 Å².